The topological polar surface area (TPSA) is 21.3 Å². The molecule has 88 valence electrons. The highest BCUT2D eigenvalue weighted by Crippen LogP contribution is 2.36. The first-order valence-electron chi connectivity index (χ1n) is 5.90. The molecule has 1 saturated carbocycles. The molecule has 1 aliphatic carbocycles. The third kappa shape index (κ3) is 3.42. The number of hydrogen-bond donors (Lipinski definition) is 2. The van der Waals surface area contributed by atoms with Crippen LogP contribution in [0.5, 0.6) is 5.75 Å². The van der Waals surface area contributed by atoms with Gasteiger partial charge >= 0.3 is 0 Å². The Morgan fingerprint density at radius 1 is 1.50 bits per heavy atom. The van der Waals surface area contributed by atoms with Crippen LogP contribution in [0, 0.1) is 5.92 Å². The minimum atomic E-state index is 0.364. The first-order valence-corrected chi connectivity index (χ1v) is 6.34. The van der Waals surface area contributed by atoms with Gasteiger partial charge in [-0.05, 0) is 57.0 Å². The summed E-state index contributed by atoms with van der Waals surface area (Å²) in [6.45, 7) is 1.02. The highest BCUT2D eigenvalue weighted by molar-refractivity contribution is 7.80. The van der Waals surface area contributed by atoms with Gasteiger partial charge < -0.3 is 10.1 Å². The molecule has 0 bridgehead atoms. The summed E-state index contributed by atoms with van der Waals surface area (Å²) in [7, 11) is 1.98. The highest BCUT2D eigenvalue weighted by Gasteiger charge is 2.32. The second kappa shape index (κ2) is 5.60. The van der Waals surface area contributed by atoms with Crippen LogP contribution < -0.4 is 10.1 Å². The molecule has 0 heterocycles. The summed E-state index contributed by atoms with van der Waals surface area (Å²) < 4.78 is 6.03. The molecule has 16 heavy (non-hydrogen) atoms. The van der Waals surface area contributed by atoms with E-state index in [4.69, 9.17) is 4.74 Å². The van der Waals surface area contributed by atoms with Crippen LogP contribution in [-0.4, -0.2) is 19.7 Å². The fourth-order valence-electron chi connectivity index (χ4n) is 1.88. The summed E-state index contributed by atoms with van der Waals surface area (Å²) >= 11 is 4.32. The quantitative estimate of drug-likeness (QED) is 0.742. The lowest BCUT2D eigenvalue weighted by Gasteiger charge is -2.18. The van der Waals surface area contributed by atoms with E-state index in [1.165, 1.54) is 12.8 Å². The van der Waals surface area contributed by atoms with Gasteiger partial charge in [0.1, 0.15) is 11.9 Å². The van der Waals surface area contributed by atoms with Gasteiger partial charge in [0, 0.05) is 4.90 Å². The van der Waals surface area contributed by atoms with E-state index >= 15 is 0 Å². The Morgan fingerprint density at radius 3 is 2.94 bits per heavy atom. The molecular weight excluding hydrogens is 218 g/mol. The molecule has 1 aromatic rings. The molecule has 0 aliphatic heterocycles. The maximum absolute atomic E-state index is 6.03. The summed E-state index contributed by atoms with van der Waals surface area (Å²) in [4.78, 5) is 0.959. The van der Waals surface area contributed by atoms with Crippen LogP contribution in [0.4, 0.5) is 0 Å². The summed E-state index contributed by atoms with van der Waals surface area (Å²) in [6, 6.07) is 7.95. The second-order valence-electron chi connectivity index (χ2n) is 4.38. The molecule has 2 nitrogen and oxygen atoms in total. The number of hydrogen-bond acceptors (Lipinski definition) is 3. The van der Waals surface area contributed by atoms with Crippen molar-refractivity contribution in [3.05, 3.63) is 24.3 Å². The zero-order valence-electron chi connectivity index (χ0n) is 9.65. The fraction of sp³-hybridized carbons (Fsp3) is 0.538. The molecule has 0 amide bonds. The minimum Gasteiger partial charge on any atom is -0.490 e. The highest BCUT2D eigenvalue weighted by atomic mass is 32.1. The van der Waals surface area contributed by atoms with Gasteiger partial charge in [-0.15, -0.1) is 12.6 Å². The standard InChI is InChI=1S/C13H19NOS/c1-14-8-7-13(10-5-6-10)15-11-3-2-4-12(16)9-11/h2-4,9-10,13-14,16H,5-8H2,1H3. The summed E-state index contributed by atoms with van der Waals surface area (Å²) in [5, 5.41) is 3.18. The normalized spacial score (nSPS) is 17.1. The van der Waals surface area contributed by atoms with Gasteiger partial charge in [0.05, 0.1) is 0 Å². The second-order valence-corrected chi connectivity index (χ2v) is 4.90. The van der Waals surface area contributed by atoms with Gasteiger partial charge in [0.15, 0.2) is 0 Å². The smallest absolute Gasteiger partial charge is 0.120 e. The zero-order valence-corrected chi connectivity index (χ0v) is 10.5. The van der Waals surface area contributed by atoms with E-state index in [9.17, 15) is 0 Å². The molecule has 2 rings (SSSR count). The van der Waals surface area contributed by atoms with Crippen molar-refractivity contribution in [2.45, 2.75) is 30.3 Å². The Bertz CT molecular complexity index is 338. The molecule has 0 aromatic heterocycles. The van der Waals surface area contributed by atoms with Crippen molar-refractivity contribution < 1.29 is 4.74 Å². The maximum atomic E-state index is 6.03. The molecule has 1 fully saturated rings. The Morgan fingerprint density at radius 2 is 2.31 bits per heavy atom. The molecule has 1 N–H and O–H groups in total. The van der Waals surface area contributed by atoms with Gasteiger partial charge in [-0.25, -0.2) is 0 Å². The molecule has 0 saturated heterocycles. The molecule has 1 aromatic carbocycles. The average Bonchev–Trinajstić information content (AvgIpc) is 3.08. The Labute approximate surface area is 103 Å². The number of thiol groups is 1. The average molecular weight is 237 g/mol. The van der Waals surface area contributed by atoms with Gasteiger partial charge in [-0.3, -0.25) is 0 Å². The Kier molecular flexibility index (Phi) is 4.13. The van der Waals surface area contributed by atoms with Crippen LogP contribution in [-0.2, 0) is 0 Å². The first kappa shape index (κ1) is 11.8. The van der Waals surface area contributed by atoms with Crippen LogP contribution in [0.25, 0.3) is 0 Å². The molecule has 3 heteroatoms. The van der Waals surface area contributed by atoms with Gasteiger partial charge in [-0.1, -0.05) is 6.07 Å². The number of nitrogens with one attached hydrogen (secondary N) is 1. The van der Waals surface area contributed by atoms with E-state index in [1.807, 2.05) is 31.3 Å². The van der Waals surface area contributed by atoms with Crippen molar-refractivity contribution >= 4 is 12.6 Å². The maximum Gasteiger partial charge on any atom is 0.120 e. The van der Waals surface area contributed by atoms with Crippen molar-refractivity contribution in [2.75, 3.05) is 13.6 Å². The van der Waals surface area contributed by atoms with Crippen molar-refractivity contribution in [2.24, 2.45) is 5.92 Å². The van der Waals surface area contributed by atoms with Crippen LogP contribution in [0.1, 0.15) is 19.3 Å². The van der Waals surface area contributed by atoms with Gasteiger partial charge in [-0.2, -0.15) is 0 Å². The number of benzene rings is 1. The summed E-state index contributed by atoms with van der Waals surface area (Å²) in [6.07, 6.45) is 4.07. The summed E-state index contributed by atoms with van der Waals surface area (Å²) in [5.74, 6) is 1.71. The van der Waals surface area contributed by atoms with Crippen LogP contribution in [0.2, 0.25) is 0 Å². The van der Waals surface area contributed by atoms with Crippen molar-refractivity contribution in [1.29, 1.82) is 0 Å². The zero-order chi connectivity index (χ0) is 11.4. The van der Waals surface area contributed by atoms with E-state index in [1.54, 1.807) is 0 Å². The van der Waals surface area contributed by atoms with Crippen LogP contribution >= 0.6 is 12.6 Å². The number of ether oxygens (including phenoxy) is 1. The fourth-order valence-corrected chi connectivity index (χ4v) is 2.09. The van der Waals surface area contributed by atoms with Crippen LogP contribution in [0.3, 0.4) is 0 Å². The van der Waals surface area contributed by atoms with E-state index < -0.39 is 0 Å². The van der Waals surface area contributed by atoms with Gasteiger partial charge in [0.25, 0.3) is 0 Å². The minimum absolute atomic E-state index is 0.364. The molecule has 1 unspecified atom stereocenters. The Hall–Kier alpha value is -0.670. The molecule has 0 radical (unpaired) electrons. The van der Waals surface area contributed by atoms with Crippen molar-refractivity contribution in [3.63, 3.8) is 0 Å². The SMILES string of the molecule is CNCCC(Oc1cccc(S)c1)C1CC1. The van der Waals surface area contributed by atoms with Crippen LogP contribution in [0.15, 0.2) is 29.2 Å². The predicted molar refractivity (Wildman–Crippen MR) is 69.4 cm³/mol. The van der Waals surface area contributed by atoms with E-state index in [0.717, 1.165) is 29.5 Å². The lowest BCUT2D eigenvalue weighted by Crippen LogP contribution is -2.24. The monoisotopic (exact) mass is 237 g/mol. The van der Waals surface area contributed by atoms with E-state index in [-0.39, 0.29) is 0 Å². The first-order chi connectivity index (χ1) is 7.79. The molecular formula is C13H19NOS. The Balaban J connectivity index is 1.94. The van der Waals surface area contributed by atoms with Gasteiger partial charge in [0.2, 0.25) is 0 Å². The lowest BCUT2D eigenvalue weighted by atomic mass is 10.1. The van der Waals surface area contributed by atoms with Crippen molar-refractivity contribution in [1.82, 2.24) is 5.32 Å². The largest absolute Gasteiger partial charge is 0.490 e. The number of rotatable bonds is 6. The summed E-state index contributed by atoms with van der Waals surface area (Å²) in [5.41, 5.74) is 0. The van der Waals surface area contributed by atoms with Crippen molar-refractivity contribution in [3.8, 4) is 5.75 Å². The van der Waals surface area contributed by atoms with E-state index in [0.29, 0.717) is 6.10 Å². The molecule has 0 spiro atoms. The lowest BCUT2D eigenvalue weighted by molar-refractivity contribution is 0.168. The molecule has 1 aliphatic rings. The van der Waals surface area contributed by atoms with E-state index in [2.05, 4.69) is 17.9 Å². The molecule has 1 atom stereocenters. The third-order valence-electron chi connectivity index (χ3n) is 2.93. The third-order valence-corrected chi connectivity index (χ3v) is 3.21. The predicted octanol–water partition coefficient (Wildman–Crippen LogP) is 2.74.